The van der Waals surface area contributed by atoms with Crippen LogP contribution in [0.15, 0.2) is 0 Å². The van der Waals surface area contributed by atoms with E-state index < -0.39 is 0 Å². The second-order valence-electron chi connectivity index (χ2n) is 5.38. The van der Waals surface area contributed by atoms with Crippen LogP contribution < -0.4 is 10.1 Å². The molecule has 0 aliphatic carbocycles. The molecule has 1 aliphatic rings. The van der Waals surface area contributed by atoms with E-state index in [1.165, 1.54) is 7.11 Å². The molecule has 0 bridgehead atoms. The molecule has 1 saturated heterocycles. The maximum atomic E-state index is 5.82. The second kappa shape index (κ2) is 5.88. The van der Waals surface area contributed by atoms with Crippen LogP contribution in [0.5, 0.6) is 6.01 Å². The van der Waals surface area contributed by atoms with Crippen molar-refractivity contribution in [2.45, 2.75) is 19.8 Å². The molecule has 1 aromatic rings. The van der Waals surface area contributed by atoms with Gasteiger partial charge in [0, 0.05) is 6.54 Å². The summed E-state index contributed by atoms with van der Waals surface area (Å²) in [4.78, 5) is 14.4. The molecule has 2 rings (SSSR count). The summed E-state index contributed by atoms with van der Waals surface area (Å²) in [5.41, 5.74) is 0.263. The van der Waals surface area contributed by atoms with E-state index >= 15 is 0 Å². The first-order valence-corrected chi connectivity index (χ1v) is 6.76. The molecule has 0 radical (unpaired) electrons. The van der Waals surface area contributed by atoms with Crippen LogP contribution in [-0.4, -0.2) is 53.6 Å². The Kier molecular flexibility index (Phi) is 4.42. The lowest BCUT2D eigenvalue weighted by atomic mass is 9.80. The molecule has 1 fully saturated rings. The quantitative estimate of drug-likeness (QED) is 0.908. The molecule has 2 heterocycles. The fourth-order valence-electron chi connectivity index (χ4n) is 2.13. The molecule has 1 aliphatic heterocycles. The van der Waals surface area contributed by atoms with Crippen molar-refractivity contribution >= 4 is 17.5 Å². The van der Waals surface area contributed by atoms with Crippen molar-refractivity contribution in [2.24, 2.45) is 5.41 Å². The largest absolute Gasteiger partial charge is 0.467 e. The summed E-state index contributed by atoms with van der Waals surface area (Å²) in [7, 11) is 3.66. The lowest BCUT2D eigenvalue weighted by molar-refractivity contribution is 0.150. The van der Waals surface area contributed by atoms with Crippen molar-refractivity contribution in [3.05, 3.63) is 5.28 Å². The average Bonchev–Trinajstić information content (AvgIpc) is 2.40. The van der Waals surface area contributed by atoms with Gasteiger partial charge in [0.05, 0.1) is 7.11 Å². The van der Waals surface area contributed by atoms with Gasteiger partial charge in [0.25, 0.3) is 0 Å². The van der Waals surface area contributed by atoms with Gasteiger partial charge >= 0.3 is 6.01 Å². The molecule has 0 amide bonds. The first kappa shape index (κ1) is 14.3. The van der Waals surface area contributed by atoms with Crippen LogP contribution in [0.1, 0.15) is 19.8 Å². The third-order valence-corrected chi connectivity index (χ3v) is 3.81. The van der Waals surface area contributed by atoms with Gasteiger partial charge < -0.3 is 15.0 Å². The topological polar surface area (TPSA) is 63.2 Å². The van der Waals surface area contributed by atoms with E-state index in [1.807, 2.05) is 0 Å². The molecular weight excluding hydrogens is 266 g/mol. The number of piperidine rings is 1. The molecule has 19 heavy (non-hydrogen) atoms. The van der Waals surface area contributed by atoms with E-state index in [0.717, 1.165) is 32.5 Å². The monoisotopic (exact) mass is 285 g/mol. The average molecular weight is 286 g/mol. The van der Waals surface area contributed by atoms with Gasteiger partial charge in [-0.2, -0.15) is 15.0 Å². The third-order valence-electron chi connectivity index (χ3n) is 3.64. The molecule has 1 N–H and O–H groups in total. The zero-order valence-corrected chi connectivity index (χ0v) is 12.4. The number of aromatic nitrogens is 3. The summed E-state index contributed by atoms with van der Waals surface area (Å²) in [5.74, 6) is 0.469. The van der Waals surface area contributed by atoms with Gasteiger partial charge in [-0.25, -0.2) is 0 Å². The summed E-state index contributed by atoms with van der Waals surface area (Å²) in [6.45, 7) is 5.36. The van der Waals surface area contributed by atoms with E-state index in [4.69, 9.17) is 16.3 Å². The SMILES string of the molecule is COc1nc(Cl)nc(NCC2(C)CCN(C)CC2)n1. The van der Waals surface area contributed by atoms with Crippen LogP contribution in [0.2, 0.25) is 5.28 Å². The van der Waals surface area contributed by atoms with Gasteiger partial charge in [0.15, 0.2) is 0 Å². The van der Waals surface area contributed by atoms with Crippen molar-refractivity contribution in [3.8, 4) is 6.01 Å². The van der Waals surface area contributed by atoms with Gasteiger partial charge in [-0.1, -0.05) is 6.92 Å². The number of nitrogens with one attached hydrogen (secondary N) is 1. The number of methoxy groups -OCH3 is 1. The zero-order chi connectivity index (χ0) is 13.9. The molecule has 6 nitrogen and oxygen atoms in total. The van der Waals surface area contributed by atoms with E-state index in [9.17, 15) is 0 Å². The highest BCUT2D eigenvalue weighted by Gasteiger charge is 2.28. The highest BCUT2D eigenvalue weighted by Crippen LogP contribution is 2.30. The van der Waals surface area contributed by atoms with Crippen LogP contribution >= 0.6 is 11.6 Å². The van der Waals surface area contributed by atoms with Crippen LogP contribution in [0, 0.1) is 5.41 Å². The molecule has 0 aromatic carbocycles. The summed E-state index contributed by atoms with van der Waals surface area (Å²) in [6, 6.07) is 0.232. The van der Waals surface area contributed by atoms with Gasteiger partial charge in [-0.05, 0) is 50.0 Å². The van der Waals surface area contributed by atoms with Crippen molar-refractivity contribution < 1.29 is 4.74 Å². The van der Waals surface area contributed by atoms with Crippen molar-refractivity contribution in [3.63, 3.8) is 0 Å². The van der Waals surface area contributed by atoms with E-state index in [2.05, 4.69) is 39.1 Å². The summed E-state index contributed by atoms with van der Waals surface area (Å²) >= 11 is 5.82. The smallest absolute Gasteiger partial charge is 0.322 e. The first-order chi connectivity index (χ1) is 9.00. The molecule has 0 saturated carbocycles. The van der Waals surface area contributed by atoms with Gasteiger partial charge in [0.2, 0.25) is 11.2 Å². The number of anilines is 1. The Labute approximate surface area is 118 Å². The summed E-state index contributed by atoms with van der Waals surface area (Å²) < 4.78 is 4.97. The Bertz CT molecular complexity index is 434. The molecule has 0 spiro atoms. The van der Waals surface area contributed by atoms with Crippen molar-refractivity contribution in [2.75, 3.05) is 39.1 Å². The van der Waals surface area contributed by atoms with Crippen LogP contribution in [0.4, 0.5) is 5.95 Å². The van der Waals surface area contributed by atoms with Crippen molar-refractivity contribution in [1.29, 1.82) is 0 Å². The highest BCUT2D eigenvalue weighted by molar-refractivity contribution is 6.28. The number of nitrogens with zero attached hydrogens (tertiary/aromatic N) is 4. The lowest BCUT2D eigenvalue weighted by Crippen LogP contribution is -2.40. The number of likely N-dealkylation sites (tertiary alicyclic amines) is 1. The van der Waals surface area contributed by atoms with Gasteiger partial charge in [-0.15, -0.1) is 0 Å². The molecule has 0 atom stereocenters. The number of ether oxygens (including phenoxy) is 1. The third kappa shape index (κ3) is 3.91. The molecular formula is C12H20ClN5O. The number of hydrogen-bond acceptors (Lipinski definition) is 6. The molecule has 0 unspecified atom stereocenters. The predicted octanol–water partition coefficient (Wildman–Crippen LogP) is 1.68. The Morgan fingerprint density at radius 2 is 2.00 bits per heavy atom. The maximum absolute atomic E-state index is 5.82. The maximum Gasteiger partial charge on any atom is 0.322 e. The second-order valence-corrected chi connectivity index (χ2v) is 5.72. The molecule has 7 heteroatoms. The first-order valence-electron chi connectivity index (χ1n) is 6.39. The number of halogens is 1. The zero-order valence-electron chi connectivity index (χ0n) is 11.6. The number of hydrogen-bond donors (Lipinski definition) is 1. The lowest BCUT2D eigenvalue weighted by Gasteiger charge is -2.37. The van der Waals surface area contributed by atoms with Crippen LogP contribution in [-0.2, 0) is 0 Å². The van der Waals surface area contributed by atoms with Crippen LogP contribution in [0.25, 0.3) is 0 Å². The minimum Gasteiger partial charge on any atom is -0.467 e. The normalized spacial score (nSPS) is 19.2. The van der Waals surface area contributed by atoms with E-state index in [0.29, 0.717) is 5.95 Å². The Balaban J connectivity index is 1.96. The number of rotatable bonds is 4. The Morgan fingerprint density at radius 1 is 1.32 bits per heavy atom. The fraction of sp³-hybridized carbons (Fsp3) is 0.750. The fourth-order valence-corrected chi connectivity index (χ4v) is 2.28. The summed E-state index contributed by atoms with van der Waals surface area (Å²) in [6.07, 6.45) is 2.32. The van der Waals surface area contributed by atoms with E-state index in [-0.39, 0.29) is 16.7 Å². The predicted molar refractivity (Wildman–Crippen MR) is 74.7 cm³/mol. The van der Waals surface area contributed by atoms with E-state index in [1.54, 1.807) is 0 Å². The molecule has 1 aromatic heterocycles. The van der Waals surface area contributed by atoms with Crippen molar-refractivity contribution in [1.82, 2.24) is 19.9 Å². The minimum absolute atomic E-state index is 0.142. The van der Waals surface area contributed by atoms with Gasteiger partial charge in [0.1, 0.15) is 0 Å². The van der Waals surface area contributed by atoms with Crippen LogP contribution in [0.3, 0.4) is 0 Å². The standard InChI is InChI=1S/C12H20ClN5O/c1-12(4-6-18(2)7-5-12)8-14-10-15-9(13)16-11(17-10)19-3/h4-8H2,1-3H3,(H,14,15,16,17). The highest BCUT2D eigenvalue weighted by atomic mass is 35.5. The Hall–Kier alpha value is -1.14. The minimum atomic E-state index is 0.142. The summed E-state index contributed by atoms with van der Waals surface area (Å²) in [5, 5.41) is 3.38. The molecule has 106 valence electrons. The van der Waals surface area contributed by atoms with Gasteiger partial charge in [-0.3, -0.25) is 0 Å². The Morgan fingerprint density at radius 3 is 2.63 bits per heavy atom.